The van der Waals surface area contributed by atoms with Crippen LogP contribution in [0.3, 0.4) is 0 Å². The van der Waals surface area contributed by atoms with Crippen LogP contribution in [-0.2, 0) is 11.0 Å². The maximum atomic E-state index is 13.4. The van der Waals surface area contributed by atoms with E-state index in [0.29, 0.717) is 28.0 Å². The molecule has 1 heterocycles. The molecule has 2 aliphatic carbocycles. The summed E-state index contributed by atoms with van der Waals surface area (Å²) in [5.41, 5.74) is 0.489. The van der Waals surface area contributed by atoms with Crippen LogP contribution in [-0.4, -0.2) is 29.4 Å². The van der Waals surface area contributed by atoms with Crippen LogP contribution < -0.4 is 10.6 Å². The van der Waals surface area contributed by atoms with Crippen molar-refractivity contribution in [3.8, 4) is 0 Å². The number of alkyl halides is 5. The number of pyridine rings is 1. The van der Waals surface area contributed by atoms with E-state index >= 15 is 0 Å². The van der Waals surface area contributed by atoms with E-state index in [0.717, 1.165) is 25.3 Å². The van der Waals surface area contributed by atoms with Crippen LogP contribution in [0.2, 0.25) is 5.02 Å². The second kappa shape index (κ2) is 10.1. The SMILES string of the molecule is CC1=C(C(=O)N[C@@H]2CCC[C@H](Nc3cc(C(F)(F)F)nc4ccc(Cl)cc34)C2)C=CC1CC(F)F. The molecular formula is C25H25ClF5N3O. The van der Waals surface area contributed by atoms with Gasteiger partial charge in [-0.25, -0.2) is 13.8 Å². The fraction of sp³-hybridized carbons (Fsp3) is 0.440. The van der Waals surface area contributed by atoms with Gasteiger partial charge in [-0.05, 0) is 56.9 Å². The molecule has 1 unspecified atom stereocenters. The summed E-state index contributed by atoms with van der Waals surface area (Å²) in [5.74, 6) is -0.771. The Morgan fingerprint density at radius 2 is 1.94 bits per heavy atom. The molecule has 1 saturated carbocycles. The molecular weight excluding hydrogens is 489 g/mol. The van der Waals surface area contributed by atoms with Gasteiger partial charge in [-0.15, -0.1) is 0 Å². The Kier molecular flexibility index (Phi) is 7.35. The molecule has 1 amide bonds. The van der Waals surface area contributed by atoms with Crippen molar-refractivity contribution in [1.82, 2.24) is 10.3 Å². The molecule has 0 saturated heterocycles. The van der Waals surface area contributed by atoms with Gasteiger partial charge in [-0.2, -0.15) is 13.2 Å². The molecule has 0 aliphatic heterocycles. The quantitative estimate of drug-likeness (QED) is 0.413. The van der Waals surface area contributed by atoms with E-state index < -0.39 is 24.2 Å². The van der Waals surface area contributed by atoms with Crippen molar-refractivity contribution in [2.75, 3.05) is 5.32 Å². The molecule has 1 fully saturated rings. The highest BCUT2D eigenvalue weighted by atomic mass is 35.5. The third kappa shape index (κ3) is 5.94. The highest BCUT2D eigenvalue weighted by molar-refractivity contribution is 6.31. The molecule has 4 nitrogen and oxygen atoms in total. The zero-order chi connectivity index (χ0) is 25.3. The first kappa shape index (κ1) is 25.4. The minimum absolute atomic E-state index is 0.180. The van der Waals surface area contributed by atoms with Crippen LogP contribution in [0, 0.1) is 5.92 Å². The predicted molar refractivity (Wildman–Crippen MR) is 126 cm³/mol. The molecule has 1 aromatic carbocycles. The third-order valence-corrected chi connectivity index (χ3v) is 6.82. The van der Waals surface area contributed by atoms with Gasteiger partial charge < -0.3 is 10.6 Å². The smallest absolute Gasteiger partial charge is 0.382 e. The van der Waals surface area contributed by atoms with Crippen LogP contribution in [0.5, 0.6) is 0 Å². The monoisotopic (exact) mass is 513 g/mol. The average Bonchev–Trinajstić information content (AvgIpc) is 3.13. The Balaban J connectivity index is 1.49. The zero-order valence-corrected chi connectivity index (χ0v) is 19.7. The molecule has 188 valence electrons. The number of allylic oxidation sites excluding steroid dienone is 2. The minimum Gasteiger partial charge on any atom is -0.382 e. The van der Waals surface area contributed by atoms with E-state index in [-0.39, 0.29) is 35.6 Å². The van der Waals surface area contributed by atoms with E-state index in [1.165, 1.54) is 12.1 Å². The first-order valence-electron chi connectivity index (χ1n) is 11.4. The normalized spacial score (nSPS) is 22.8. The largest absolute Gasteiger partial charge is 0.433 e. The number of nitrogens with one attached hydrogen (secondary N) is 2. The highest BCUT2D eigenvalue weighted by Gasteiger charge is 2.34. The molecule has 2 aromatic rings. The lowest BCUT2D eigenvalue weighted by molar-refractivity contribution is -0.140. The molecule has 35 heavy (non-hydrogen) atoms. The number of aromatic nitrogens is 1. The minimum atomic E-state index is -4.60. The first-order chi connectivity index (χ1) is 16.5. The zero-order valence-electron chi connectivity index (χ0n) is 18.9. The van der Waals surface area contributed by atoms with Crippen LogP contribution in [0.4, 0.5) is 27.6 Å². The molecule has 10 heteroatoms. The van der Waals surface area contributed by atoms with Gasteiger partial charge in [-0.3, -0.25) is 4.79 Å². The van der Waals surface area contributed by atoms with Crippen molar-refractivity contribution in [3.63, 3.8) is 0 Å². The fourth-order valence-corrected chi connectivity index (χ4v) is 4.96. The Hall–Kier alpha value is -2.68. The summed E-state index contributed by atoms with van der Waals surface area (Å²) in [5, 5.41) is 7.06. The van der Waals surface area contributed by atoms with E-state index in [9.17, 15) is 26.7 Å². The van der Waals surface area contributed by atoms with Gasteiger partial charge in [0.1, 0.15) is 5.69 Å². The maximum absolute atomic E-state index is 13.4. The summed E-state index contributed by atoms with van der Waals surface area (Å²) in [6, 6.07) is 5.13. The number of rotatable bonds is 6. The number of halogens is 6. The number of hydrogen-bond donors (Lipinski definition) is 2. The number of amides is 1. The molecule has 2 N–H and O–H groups in total. The van der Waals surface area contributed by atoms with E-state index in [4.69, 9.17) is 11.6 Å². The lowest BCUT2D eigenvalue weighted by Gasteiger charge is -2.31. The summed E-state index contributed by atoms with van der Waals surface area (Å²) in [7, 11) is 0. The number of carbonyl (C=O) groups is 1. The highest BCUT2D eigenvalue weighted by Crippen LogP contribution is 2.35. The lowest BCUT2D eigenvalue weighted by atomic mass is 9.90. The molecule has 0 spiro atoms. The van der Waals surface area contributed by atoms with Gasteiger partial charge in [0.05, 0.1) is 5.52 Å². The number of hydrogen-bond acceptors (Lipinski definition) is 3. The maximum Gasteiger partial charge on any atom is 0.433 e. The van der Waals surface area contributed by atoms with Crippen molar-refractivity contribution in [2.24, 2.45) is 5.92 Å². The van der Waals surface area contributed by atoms with Crippen molar-refractivity contribution >= 4 is 34.1 Å². The molecule has 1 aromatic heterocycles. The van der Waals surface area contributed by atoms with Gasteiger partial charge in [0.2, 0.25) is 6.43 Å². The topological polar surface area (TPSA) is 54.0 Å². The Morgan fingerprint density at radius 1 is 1.20 bits per heavy atom. The summed E-state index contributed by atoms with van der Waals surface area (Å²) >= 11 is 6.08. The second-order valence-electron chi connectivity index (χ2n) is 9.08. The number of anilines is 1. The summed E-state index contributed by atoms with van der Waals surface area (Å²) in [6.07, 6.45) is -1.46. The Morgan fingerprint density at radius 3 is 2.66 bits per heavy atom. The molecule has 3 atom stereocenters. The summed E-state index contributed by atoms with van der Waals surface area (Å²) in [4.78, 5) is 16.5. The second-order valence-corrected chi connectivity index (χ2v) is 9.52. The van der Waals surface area contributed by atoms with Crippen LogP contribution in [0.15, 0.2) is 47.6 Å². The Labute approximate surface area is 204 Å². The van der Waals surface area contributed by atoms with Crippen molar-refractivity contribution in [3.05, 3.63) is 58.3 Å². The van der Waals surface area contributed by atoms with Crippen molar-refractivity contribution < 1.29 is 26.7 Å². The molecule has 4 rings (SSSR count). The van der Waals surface area contributed by atoms with E-state index in [1.807, 2.05) is 0 Å². The van der Waals surface area contributed by atoms with Gasteiger partial charge in [0.15, 0.2) is 0 Å². The van der Waals surface area contributed by atoms with Crippen LogP contribution >= 0.6 is 11.6 Å². The van der Waals surface area contributed by atoms with E-state index in [2.05, 4.69) is 15.6 Å². The van der Waals surface area contributed by atoms with E-state index in [1.54, 1.807) is 25.1 Å². The molecule has 2 aliphatic rings. The Bertz CT molecular complexity index is 1180. The average molecular weight is 514 g/mol. The van der Waals surface area contributed by atoms with Gasteiger partial charge >= 0.3 is 6.18 Å². The number of fused-ring (bicyclic) bond motifs is 1. The summed E-state index contributed by atoms with van der Waals surface area (Å²) < 4.78 is 65.8. The van der Waals surface area contributed by atoms with Gasteiger partial charge in [0.25, 0.3) is 5.91 Å². The van der Waals surface area contributed by atoms with Crippen molar-refractivity contribution in [2.45, 2.75) is 63.7 Å². The van der Waals surface area contributed by atoms with Crippen LogP contribution in [0.1, 0.15) is 44.7 Å². The number of nitrogens with zero attached hydrogens (tertiary/aromatic N) is 1. The number of carbonyl (C=O) groups excluding carboxylic acids is 1. The first-order valence-corrected chi connectivity index (χ1v) is 11.8. The molecule has 0 radical (unpaired) electrons. The third-order valence-electron chi connectivity index (χ3n) is 6.58. The molecule has 0 bridgehead atoms. The fourth-order valence-electron chi connectivity index (χ4n) is 4.79. The van der Waals surface area contributed by atoms with Gasteiger partial charge in [0, 0.05) is 46.1 Å². The number of benzene rings is 1. The van der Waals surface area contributed by atoms with Gasteiger partial charge in [-0.1, -0.05) is 29.3 Å². The van der Waals surface area contributed by atoms with Crippen LogP contribution in [0.25, 0.3) is 10.9 Å². The lowest BCUT2D eigenvalue weighted by Crippen LogP contribution is -2.42. The summed E-state index contributed by atoms with van der Waals surface area (Å²) in [6.45, 7) is 1.69. The predicted octanol–water partition coefficient (Wildman–Crippen LogP) is 6.90. The standard InChI is InChI=1S/C25H25ClF5N3O/c1-13-14(9-23(27)28)5-7-18(13)24(35)33-17-4-2-3-16(11-17)32-21-12-22(25(29,30)31)34-20-8-6-15(26)10-19(20)21/h5-8,10,12,14,16-17,23H,2-4,9,11H2,1H3,(H,32,34)(H,33,35)/t14?,16-,17+/m0/s1. The van der Waals surface area contributed by atoms with Crippen molar-refractivity contribution in [1.29, 1.82) is 0 Å².